The van der Waals surface area contributed by atoms with Gasteiger partial charge < -0.3 is 10.1 Å². The summed E-state index contributed by atoms with van der Waals surface area (Å²) < 4.78 is 19.9. The van der Waals surface area contributed by atoms with Crippen molar-refractivity contribution in [3.05, 3.63) is 29.3 Å². The third-order valence-corrected chi connectivity index (χ3v) is 3.49. The van der Waals surface area contributed by atoms with Crippen molar-refractivity contribution in [1.29, 1.82) is 0 Å². The lowest BCUT2D eigenvalue weighted by atomic mass is 9.99. The first-order valence-corrected chi connectivity index (χ1v) is 5.98. The van der Waals surface area contributed by atoms with E-state index in [0.717, 1.165) is 42.7 Å². The second kappa shape index (κ2) is 4.06. The molecule has 2 atom stereocenters. The number of para-hydroxylation sites is 1. The van der Waals surface area contributed by atoms with E-state index < -0.39 is 6.17 Å². The summed E-state index contributed by atoms with van der Waals surface area (Å²) in [4.78, 5) is 0. The van der Waals surface area contributed by atoms with Crippen LogP contribution < -0.4 is 10.1 Å². The third kappa shape index (κ3) is 1.59. The summed E-state index contributed by atoms with van der Waals surface area (Å²) >= 11 is 0. The number of nitrogens with one attached hydrogen (secondary N) is 1. The van der Waals surface area contributed by atoms with Crippen LogP contribution in [-0.2, 0) is 6.42 Å². The van der Waals surface area contributed by atoms with Crippen LogP contribution in [0.4, 0.5) is 4.39 Å². The van der Waals surface area contributed by atoms with Crippen molar-refractivity contribution in [3.8, 4) is 5.75 Å². The minimum absolute atomic E-state index is 0.0318. The minimum atomic E-state index is -0.935. The number of rotatable bonds is 2. The summed E-state index contributed by atoms with van der Waals surface area (Å²) in [6.07, 6.45) is 1.97. The summed E-state index contributed by atoms with van der Waals surface area (Å²) in [6.45, 7) is 1.62. The zero-order chi connectivity index (χ0) is 11.0. The highest BCUT2D eigenvalue weighted by Crippen LogP contribution is 2.37. The predicted molar refractivity (Wildman–Crippen MR) is 60.5 cm³/mol. The molecule has 86 valence electrons. The van der Waals surface area contributed by atoms with Gasteiger partial charge in [0.15, 0.2) is 0 Å². The molecule has 0 amide bonds. The monoisotopic (exact) mass is 221 g/mol. The molecule has 1 saturated heterocycles. The van der Waals surface area contributed by atoms with E-state index in [-0.39, 0.29) is 6.04 Å². The maximum absolute atomic E-state index is 14.4. The molecule has 2 heterocycles. The normalized spacial score (nSPS) is 25.2. The molecule has 1 aromatic rings. The molecule has 2 aliphatic heterocycles. The Bertz CT molecular complexity index is 388. The van der Waals surface area contributed by atoms with Crippen molar-refractivity contribution in [1.82, 2.24) is 5.32 Å². The topological polar surface area (TPSA) is 21.3 Å². The molecule has 0 saturated carbocycles. The van der Waals surface area contributed by atoms with E-state index in [4.69, 9.17) is 4.74 Å². The number of hydrogen-bond donors (Lipinski definition) is 1. The number of fused-ring (bicyclic) bond motifs is 1. The Hall–Kier alpha value is -1.09. The molecule has 16 heavy (non-hydrogen) atoms. The van der Waals surface area contributed by atoms with Gasteiger partial charge in [0.25, 0.3) is 0 Å². The largest absolute Gasteiger partial charge is 0.493 e. The molecule has 3 heteroatoms. The first kappa shape index (κ1) is 10.1. The number of alkyl halides is 1. The average molecular weight is 221 g/mol. The van der Waals surface area contributed by atoms with Crippen LogP contribution >= 0.6 is 0 Å². The molecule has 1 N–H and O–H groups in total. The van der Waals surface area contributed by atoms with Gasteiger partial charge in [0.2, 0.25) is 0 Å². The first-order valence-electron chi connectivity index (χ1n) is 5.98. The Labute approximate surface area is 94.8 Å². The number of hydrogen-bond acceptors (Lipinski definition) is 2. The van der Waals surface area contributed by atoms with E-state index in [0.29, 0.717) is 6.61 Å². The fraction of sp³-hybridized carbons (Fsp3) is 0.538. The number of halogens is 1. The van der Waals surface area contributed by atoms with E-state index in [1.165, 1.54) is 0 Å². The summed E-state index contributed by atoms with van der Waals surface area (Å²) in [5, 5.41) is 3.22. The van der Waals surface area contributed by atoms with Crippen molar-refractivity contribution in [2.45, 2.75) is 31.5 Å². The second-order valence-corrected chi connectivity index (χ2v) is 4.54. The molecule has 0 bridgehead atoms. The highest BCUT2D eigenvalue weighted by atomic mass is 19.1. The van der Waals surface area contributed by atoms with Crippen LogP contribution in [0, 0.1) is 0 Å². The average Bonchev–Trinajstić information content (AvgIpc) is 2.98. The van der Waals surface area contributed by atoms with Crippen LogP contribution in [0.25, 0.3) is 0 Å². The minimum Gasteiger partial charge on any atom is -0.493 e. The van der Waals surface area contributed by atoms with Crippen LogP contribution in [0.2, 0.25) is 0 Å². The van der Waals surface area contributed by atoms with Gasteiger partial charge in [-0.05, 0) is 24.9 Å². The van der Waals surface area contributed by atoms with Crippen molar-refractivity contribution < 1.29 is 9.13 Å². The van der Waals surface area contributed by atoms with Gasteiger partial charge in [-0.1, -0.05) is 18.2 Å². The van der Waals surface area contributed by atoms with Gasteiger partial charge in [0.1, 0.15) is 11.9 Å². The van der Waals surface area contributed by atoms with E-state index in [2.05, 4.69) is 5.32 Å². The highest BCUT2D eigenvalue weighted by Gasteiger charge is 2.29. The van der Waals surface area contributed by atoms with Crippen LogP contribution in [0.5, 0.6) is 5.75 Å². The molecular weight excluding hydrogens is 205 g/mol. The Morgan fingerprint density at radius 2 is 2.38 bits per heavy atom. The van der Waals surface area contributed by atoms with Gasteiger partial charge in [-0.15, -0.1) is 0 Å². The van der Waals surface area contributed by atoms with Gasteiger partial charge in [0.05, 0.1) is 6.61 Å². The molecule has 0 spiro atoms. The maximum atomic E-state index is 14.4. The second-order valence-electron chi connectivity index (χ2n) is 4.54. The van der Waals surface area contributed by atoms with Crippen LogP contribution in [0.15, 0.2) is 18.2 Å². The molecule has 1 fully saturated rings. The molecule has 1 aromatic carbocycles. The van der Waals surface area contributed by atoms with Crippen molar-refractivity contribution in [2.24, 2.45) is 0 Å². The summed E-state index contributed by atoms with van der Waals surface area (Å²) in [5.41, 5.74) is 1.88. The van der Waals surface area contributed by atoms with Gasteiger partial charge >= 0.3 is 0 Å². The quantitative estimate of drug-likeness (QED) is 0.828. The predicted octanol–water partition coefficient (Wildman–Crippen LogP) is 2.38. The smallest absolute Gasteiger partial charge is 0.144 e. The lowest BCUT2D eigenvalue weighted by Crippen LogP contribution is -2.26. The zero-order valence-corrected chi connectivity index (χ0v) is 9.21. The lowest BCUT2D eigenvalue weighted by Gasteiger charge is -2.18. The first-order chi connectivity index (χ1) is 7.86. The molecule has 0 radical (unpaired) electrons. The summed E-state index contributed by atoms with van der Waals surface area (Å²) in [6, 6.07) is 5.79. The van der Waals surface area contributed by atoms with Crippen molar-refractivity contribution in [2.75, 3.05) is 13.2 Å². The molecule has 2 unspecified atom stereocenters. The van der Waals surface area contributed by atoms with Crippen molar-refractivity contribution >= 4 is 0 Å². The van der Waals surface area contributed by atoms with Crippen LogP contribution in [0.3, 0.4) is 0 Å². The maximum Gasteiger partial charge on any atom is 0.144 e. The zero-order valence-electron chi connectivity index (χ0n) is 9.21. The molecule has 2 nitrogen and oxygen atoms in total. The van der Waals surface area contributed by atoms with E-state index in [1.54, 1.807) is 0 Å². The fourth-order valence-corrected chi connectivity index (χ4v) is 2.64. The SMILES string of the molecule is FC(c1cccc2c1OCC2)C1CCCN1. The van der Waals surface area contributed by atoms with Gasteiger partial charge in [0, 0.05) is 18.0 Å². The Morgan fingerprint density at radius 1 is 1.44 bits per heavy atom. The fourth-order valence-electron chi connectivity index (χ4n) is 2.64. The molecule has 3 rings (SSSR count). The standard InChI is InChI=1S/C13H16FNO/c14-12(11-5-2-7-15-11)10-4-1-3-9-6-8-16-13(9)10/h1,3-4,11-12,15H,2,5-8H2. The van der Waals surface area contributed by atoms with E-state index in [1.807, 2.05) is 18.2 Å². The summed E-state index contributed by atoms with van der Waals surface area (Å²) in [5.74, 6) is 0.795. The molecule has 0 aliphatic carbocycles. The van der Waals surface area contributed by atoms with Gasteiger partial charge in [-0.2, -0.15) is 0 Å². The number of benzene rings is 1. The molecule has 0 aromatic heterocycles. The Balaban J connectivity index is 1.91. The number of ether oxygens (including phenoxy) is 1. The molecule has 2 aliphatic rings. The van der Waals surface area contributed by atoms with Crippen LogP contribution in [0.1, 0.15) is 30.1 Å². The van der Waals surface area contributed by atoms with E-state index in [9.17, 15) is 4.39 Å². The Kier molecular flexibility index (Phi) is 2.56. The van der Waals surface area contributed by atoms with Crippen LogP contribution in [-0.4, -0.2) is 19.2 Å². The van der Waals surface area contributed by atoms with E-state index >= 15 is 0 Å². The molecular formula is C13H16FNO. The highest BCUT2D eigenvalue weighted by molar-refractivity contribution is 5.45. The Morgan fingerprint density at radius 3 is 3.19 bits per heavy atom. The van der Waals surface area contributed by atoms with Crippen molar-refractivity contribution in [3.63, 3.8) is 0 Å². The summed E-state index contributed by atoms with van der Waals surface area (Å²) in [7, 11) is 0. The third-order valence-electron chi connectivity index (χ3n) is 3.49. The lowest BCUT2D eigenvalue weighted by molar-refractivity contribution is 0.259. The van der Waals surface area contributed by atoms with Gasteiger partial charge in [-0.3, -0.25) is 0 Å². The van der Waals surface area contributed by atoms with Gasteiger partial charge in [-0.25, -0.2) is 4.39 Å².